The molecule has 2 aromatic carbocycles. The van der Waals surface area contributed by atoms with E-state index in [4.69, 9.17) is 11.6 Å². The number of halogens is 2. The van der Waals surface area contributed by atoms with Crippen molar-refractivity contribution in [3.8, 4) is 11.3 Å². The van der Waals surface area contributed by atoms with E-state index >= 15 is 0 Å². The van der Waals surface area contributed by atoms with Gasteiger partial charge in [-0.2, -0.15) is 0 Å². The summed E-state index contributed by atoms with van der Waals surface area (Å²) in [5.41, 5.74) is 3.40. The maximum atomic E-state index is 13.2. The van der Waals surface area contributed by atoms with E-state index in [0.717, 1.165) is 42.2 Å². The maximum absolute atomic E-state index is 13.2. The second-order valence-corrected chi connectivity index (χ2v) is 6.39. The molecule has 0 fully saturated rings. The minimum atomic E-state index is -0.200. The first-order chi connectivity index (χ1) is 11.2. The molecule has 0 saturated heterocycles. The van der Waals surface area contributed by atoms with Crippen LogP contribution in [0.1, 0.15) is 17.8 Å². The highest BCUT2D eigenvalue weighted by molar-refractivity contribution is 6.30. The fourth-order valence-electron chi connectivity index (χ4n) is 3.33. The number of imidazole rings is 1. The molecular weight excluding hydrogens is 311 g/mol. The van der Waals surface area contributed by atoms with Gasteiger partial charge in [-0.3, -0.25) is 0 Å². The van der Waals surface area contributed by atoms with Gasteiger partial charge in [-0.05, 0) is 48.4 Å². The maximum Gasteiger partial charge on any atom is 0.257 e. The largest absolute Gasteiger partial charge is 0.257 e. The molecule has 2 nitrogen and oxygen atoms in total. The van der Waals surface area contributed by atoms with Crippen LogP contribution < -0.4 is 4.57 Å². The number of nitrogens with zero attached hydrogens (tertiary/aromatic N) is 2. The Morgan fingerprint density at radius 1 is 1.13 bits per heavy atom. The van der Waals surface area contributed by atoms with Crippen LogP contribution >= 0.6 is 11.6 Å². The highest BCUT2D eigenvalue weighted by Crippen LogP contribution is 2.25. The first-order valence-electron chi connectivity index (χ1n) is 7.83. The first-order valence-corrected chi connectivity index (χ1v) is 8.21. The van der Waals surface area contributed by atoms with Crippen LogP contribution in [0.25, 0.3) is 11.3 Å². The highest BCUT2D eigenvalue weighted by atomic mass is 35.5. The summed E-state index contributed by atoms with van der Waals surface area (Å²) >= 11 is 6.09. The molecule has 0 atom stereocenters. The van der Waals surface area contributed by atoms with E-state index in [2.05, 4.69) is 21.4 Å². The minimum Gasteiger partial charge on any atom is -0.229 e. The third-order valence-corrected chi connectivity index (χ3v) is 4.61. The highest BCUT2D eigenvalue weighted by Gasteiger charge is 2.28. The lowest BCUT2D eigenvalue weighted by atomic mass is 10.1. The molecule has 0 N–H and O–H groups in total. The van der Waals surface area contributed by atoms with Crippen molar-refractivity contribution < 1.29 is 8.96 Å². The Balaban J connectivity index is 1.74. The number of benzene rings is 2. The minimum absolute atomic E-state index is 0.200. The summed E-state index contributed by atoms with van der Waals surface area (Å²) in [7, 11) is 0. The molecule has 0 amide bonds. The van der Waals surface area contributed by atoms with E-state index in [-0.39, 0.29) is 5.82 Å². The summed E-state index contributed by atoms with van der Waals surface area (Å²) in [4.78, 5) is 0. The molecule has 0 aliphatic carbocycles. The second kappa shape index (κ2) is 5.82. The lowest BCUT2D eigenvalue weighted by Crippen LogP contribution is -2.36. The van der Waals surface area contributed by atoms with Gasteiger partial charge in [-0.15, -0.1) is 0 Å². The summed E-state index contributed by atoms with van der Waals surface area (Å²) in [5.74, 6) is 1.12. The van der Waals surface area contributed by atoms with Gasteiger partial charge in [0.1, 0.15) is 18.6 Å². The van der Waals surface area contributed by atoms with Crippen molar-refractivity contribution in [2.24, 2.45) is 0 Å². The van der Waals surface area contributed by atoms with Crippen molar-refractivity contribution in [2.45, 2.75) is 25.9 Å². The molecule has 4 heteroatoms. The predicted molar refractivity (Wildman–Crippen MR) is 88.9 cm³/mol. The molecule has 1 aromatic heterocycles. The smallest absolute Gasteiger partial charge is 0.229 e. The van der Waals surface area contributed by atoms with Crippen molar-refractivity contribution in [3.63, 3.8) is 0 Å². The Morgan fingerprint density at radius 2 is 1.96 bits per heavy atom. The van der Waals surface area contributed by atoms with Gasteiger partial charge in [-0.1, -0.05) is 23.7 Å². The van der Waals surface area contributed by atoms with E-state index in [1.165, 1.54) is 23.5 Å². The lowest BCUT2D eigenvalue weighted by Gasteiger charge is -2.00. The number of rotatable bonds is 3. The van der Waals surface area contributed by atoms with Crippen LogP contribution in [-0.2, 0) is 19.5 Å². The zero-order valence-corrected chi connectivity index (χ0v) is 13.4. The zero-order chi connectivity index (χ0) is 15.8. The summed E-state index contributed by atoms with van der Waals surface area (Å²) in [5, 5.41) is 0.762. The Kier molecular flexibility index (Phi) is 3.66. The molecule has 116 valence electrons. The molecule has 0 bridgehead atoms. The van der Waals surface area contributed by atoms with Gasteiger partial charge in [0.15, 0.2) is 5.69 Å². The fourth-order valence-corrected chi connectivity index (χ4v) is 3.54. The molecule has 23 heavy (non-hydrogen) atoms. The molecule has 2 heterocycles. The summed E-state index contributed by atoms with van der Waals surface area (Å²) in [6.45, 7) is 1.82. The van der Waals surface area contributed by atoms with Gasteiger partial charge >= 0.3 is 0 Å². The Bertz CT molecular complexity index is 852. The van der Waals surface area contributed by atoms with Crippen molar-refractivity contribution >= 4 is 11.6 Å². The van der Waals surface area contributed by atoms with Crippen LogP contribution in [0, 0.1) is 5.82 Å². The molecule has 3 aromatic rings. The third kappa shape index (κ3) is 2.77. The summed E-state index contributed by atoms with van der Waals surface area (Å²) in [6.07, 6.45) is 4.39. The SMILES string of the molecule is Fc1ccc(-c2c[n+](Cc3cccc(Cl)c3)c3n2CCC3)cc1. The Hall–Kier alpha value is -2.13. The van der Waals surface area contributed by atoms with Crippen LogP contribution in [-0.4, -0.2) is 4.57 Å². The normalized spacial score (nSPS) is 13.3. The average molecular weight is 328 g/mol. The van der Waals surface area contributed by atoms with Crippen molar-refractivity contribution in [1.82, 2.24) is 4.57 Å². The van der Waals surface area contributed by atoms with Gasteiger partial charge in [0.2, 0.25) is 0 Å². The van der Waals surface area contributed by atoms with Crippen LogP contribution in [0.15, 0.2) is 54.7 Å². The van der Waals surface area contributed by atoms with Crippen molar-refractivity contribution in [2.75, 3.05) is 0 Å². The van der Waals surface area contributed by atoms with Gasteiger partial charge < -0.3 is 0 Å². The molecule has 0 unspecified atom stereocenters. The van der Waals surface area contributed by atoms with Crippen molar-refractivity contribution in [1.29, 1.82) is 0 Å². The quantitative estimate of drug-likeness (QED) is 0.637. The van der Waals surface area contributed by atoms with Crippen LogP contribution in [0.3, 0.4) is 0 Å². The molecule has 0 radical (unpaired) electrons. The first kappa shape index (κ1) is 14.5. The number of hydrogen-bond acceptors (Lipinski definition) is 0. The van der Waals surface area contributed by atoms with Gasteiger partial charge in [0.25, 0.3) is 5.82 Å². The lowest BCUT2D eigenvalue weighted by molar-refractivity contribution is -0.694. The third-order valence-electron chi connectivity index (χ3n) is 4.38. The molecule has 0 saturated carbocycles. The van der Waals surface area contributed by atoms with E-state index < -0.39 is 0 Å². The second-order valence-electron chi connectivity index (χ2n) is 5.95. The number of aromatic nitrogens is 2. The topological polar surface area (TPSA) is 8.81 Å². The predicted octanol–water partition coefficient (Wildman–Crippen LogP) is 4.23. The number of hydrogen-bond donors (Lipinski definition) is 0. The molecule has 0 spiro atoms. The van der Waals surface area contributed by atoms with Crippen LogP contribution in [0.2, 0.25) is 5.02 Å². The monoisotopic (exact) mass is 327 g/mol. The molecule has 1 aliphatic rings. The number of fused-ring (bicyclic) bond motifs is 1. The Morgan fingerprint density at radius 3 is 2.74 bits per heavy atom. The fraction of sp³-hybridized carbons (Fsp3) is 0.211. The molecule has 4 rings (SSSR count). The van der Waals surface area contributed by atoms with Gasteiger partial charge in [0.05, 0.1) is 13.0 Å². The zero-order valence-electron chi connectivity index (χ0n) is 12.7. The average Bonchev–Trinajstić information content (AvgIpc) is 3.12. The van der Waals surface area contributed by atoms with Crippen molar-refractivity contribution in [3.05, 3.63) is 77.0 Å². The van der Waals surface area contributed by atoms with E-state index in [1.54, 1.807) is 0 Å². The van der Waals surface area contributed by atoms with E-state index in [0.29, 0.717) is 0 Å². The summed E-state index contributed by atoms with van der Waals surface area (Å²) < 4.78 is 17.8. The standard InChI is InChI=1S/C19H17ClFN2/c20-16-4-1-3-14(11-16)12-22-13-18(23-10-2-5-19(22)23)15-6-8-17(21)9-7-15/h1,3-4,6-9,11,13H,2,5,10,12H2/q+1. The van der Waals surface area contributed by atoms with E-state index in [1.807, 2.05) is 30.3 Å². The van der Waals surface area contributed by atoms with E-state index in [9.17, 15) is 4.39 Å². The van der Waals surface area contributed by atoms with Gasteiger partial charge in [-0.25, -0.2) is 13.5 Å². The summed E-state index contributed by atoms with van der Waals surface area (Å²) in [6, 6.07) is 14.7. The molecular formula is C19H17ClFN2+. The van der Waals surface area contributed by atoms with Crippen LogP contribution in [0.5, 0.6) is 0 Å². The molecule has 1 aliphatic heterocycles. The Labute approximate surface area is 139 Å². The van der Waals surface area contributed by atoms with Gasteiger partial charge in [0, 0.05) is 10.6 Å². The van der Waals surface area contributed by atoms with Crippen LogP contribution in [0.4, 0.5) is 4.39 Å².